The Morgan fingerprint density at radius 1 is 0.893 bits per heavy atom. The van der Waals surface area contributed by atoms with Gasteiger partial charge >= 0.3 is 0 Å². The molecule has 12 heteroatoms. The van der Waals surface area contributed by atoms with Crippen molar-refractivity contribution in [1.29, 1.82) is 0 Å². The molecule has 2 fully saturated rings. The summed E-state index contributed by atoms with van der Waals surface area (Å²) in [5.74, 6) is -0.413. The third kappa shape index (κ3) is 4.97. The van der Waals surface area contributed by atoms with E-state index in [1.165, 1.54) is 0 Å². The van der Waals surface area contributed by atoms with Crippen LogP contribution >= 0.6 is 0 Å². The molecule has 0 unspecified atom stereocenters. The van der Waals surface area contributed by atoms with Crippen molar-refractivity contribution in [2.45, 2.75) is 81.1 Å². The van der Waals surface area contributed by atoms with Gasteiger partial charge in [-0.15, -0.1) is 0 Å². The first kappa shape index (κ1) is 23.3. The lowest BCUT2D eigenvalue weighted by atomic mass is 9.96. The molecule has 0 radical (unpaired) electrons. The number of carbonyl (C=O) groups excluding carboxylic acids is 1. The van der Waals surface area contributed by atoms with E-state index in [1.807, 2.05) is 0 Å². The Balaban J connectivity index is 2.09. The Bertz CT molecular complexity index is 505. The van der Waals surface area contributed by atoms with E-state index in [4.69, 9.17) is 14.2 Å². The quantitative estimate of drug-likeness (QED) is 0.201. The summed E-state index contributed by atoms with van der Waals surface area (Å²) in [6.45, 7) is 0.450. The van der Waals surface area contributed by atoms with E-state index in [0.717, 1.165) is 0 Å². The van der Waals surface area contributed by atoms with E-state index in [1.54, 1.807) is 6.92 Å². The molecule has 0 aromatic carbocycles. The maximum Gasteiger partial charge on any atom is 0.222 e. The lowest BCUT2D eigenvalue weighted by Gasteiger charge is -2.46. The SMILES string of the molecule is CCCC(=O)N[C@@H]1O[C@H](CO)[C@@H](O[C@@H]2O[C@H](CO)[C@@H](O)[C@H](O)[C@H]2O)[C@H](O)[C@H]1O. The number of ether oxygens (including phenoxy) is 3. The summed E-state index contributed by atoms with van der Waals surface area (Å²) in [4.78, 5) is 11.7. The van der Waals surface area contributed by atoms with Gasteiger partial charge in [0.1, 0.15) is 48.8 Å². The summed E-state index contributed by atoms with van der Waals surface area (Å²) in [7, 11) is 0. The van der Waals surface area contributed by atoms with E-state index >= 15 is 0 Å². The number of amides is 1. The molecule has 0 aliphatic carbocycles. The van der Waals surface area contributed by atoms with Crippen LogP contribution in [0.5, 0.6) is 0 Å². The first-order valence-electron chi connectivity index (χ1n) is 9.12. The third-order valence-corrected chi connectivity index (χ3v) is 4.78. The van der Waals surface area contributed by atoms with E-state index in [0.29, 0.717) is 6.42 Å². The van der Waals surface area contributed by atoms with E-state index in [2.05, 4.69) is 5.32 Å². The summed E-state index contributed by atoms with van der Waals surface area (Å²) in [5.41, 5.74) is 0. The second-order valence-corrected chi connectivity index (χ2v) is 6.87. The molecule has 1 amide bonds. The van der Waals surface area contributed by atoms with Crippen LogP contribution in [-0.2, 0) is 19.0 Å². The maximum absolute atomic E-state index is 11.7. The minimum atomic E-state index is -1.73. The largest absolute Gasteiger partial charge is 0.394 e. The Morgan fingerprint density at radius 2 is 1.54 bits per heavy atom. The second kappa shape index (κ2) is 10.2. The van der Waals surface area contributed by atoms with Gasteiger partial charge in [-0.3, -0.25) is 4.79 Å². The first-order chi connectivity index (χ1) is 13.2. The van der Waals surface area contributed by atoms with Gasteiger partial charge in [-0.25, -0.2) is 0 Å². The van der Waals surface area contributed by atoms with Crippen molar-refractivity contribution >= 4 is 5.91 Å². The van der Waals surface area contributed by atoms with Crippen LogP contribution in [0.3, 0.4) is 0 Å². The molecule has 2 aliphatic rings. The predicted octanol–water partition coefficient (Wildman–Crippen LogP) is -4.47. The number of aliphatic hydroxyl groups excluding tert-OH is 7. The second-order valence-electron chi connectivity index (χ2n) is 6.87. The summed E-state index contributed by atoms with van der Waals surface area (Å²) in [6.07, 6.45) is -14.3. The lowest BCUT2D eigenvalue weighted by molar-refractivity contribution is -0.343. The fourth-order valence-electron chi connectivity index (χ4n) is 3.17. The van der Waals surface area contributed by atoms with Gasteiger partial charge in [-0.2, -0.15) is 0 Å². The van der Waals surface area contributed by atoms with Gasteiger partial charge in [0, 0.05) is 6.42 Å². The highest BCUT2D eigenvalue weighted by molar-refractivity contribution is 5.76. The molecule has 10 atom stereocenters. The molecule has 2 heterocycles. The van der Waals surface area contributed by atoms with Crippen LogP contribution in [-0.4, -0.2) is 116 Å². The smallest absolute Gasteiger partial charge is 0.222 e. The molecule has 0 bridgehead atoms. The molecular weight excluding hydrogens is 382 g/mol. The van der Waals surface area contributed by atoms with Crippen LogP contribution in [0.15, 0.2) is 0 Å². The number of hydrogen-bond donors (Lipinski definition) is 8. The van der Waals surface area contributed by atoms with Crippen molar-refractivity contribution < 1.29 is 54.8 Å². The average Bonchev–Trinajstić information content (AvgIpc) is 2.67. The zero-order valence-corrected chi connectivity index (χ0v) is 15.4. The van der Waals surface area contributed by atoms with Crippen LogP contribution in [0.25, 0.3) is 0 Å². The number of aliphatic hydroxyl groups is 7. The molecule has 8 N–H and O–H groups in total. The van der Waals surface area contributed by atoms with Crippen molar-refractivity contribution in [2.24, 2.45) is 0 Å². The van der Waals surface area contributed by atoms with Crippen molar-refractivity contribution in [3.63, 3.8) is 0 Å². The van der Waals surface area contributed by atoms with E-state index < -0.39 is 80.5 Å². The predicted molar refractivity (Wildman–Crippen MR) is 89.5 cm³/mol. The summed E-state index contributed by atoms with van der Waals surface area (Å²) >= 11 is 0. The molecule has 2 rings (SSSR count). The van der Waals surface area contributed by atoms with Gasteiger partial charge in [0.25, 0.3) is 0 Å². The molecule has 164 valence electrons. The van der Waals surface area contributed by atoms with Crippen molar-refractivity contribution in [2.75, 3.05) is 13.2 Å². The van der Waals surface area contributed by atoms with Crippen LogP contribution in [0, 0.1) is 0 Å². The fraction of sp³-hybridized carbons (Fsp3) is 0.938. The molecule has 0 spiro atoms. The minimum absolute atomic E-state index is 0.178. The number of rotatable bonds is 7. The van der Waals surface area contributed by atoms with Crippen molar-refractivity contribution in [1.82, 2.24) is 5.32 Å². The molecule has 12 nitrogen and oxygen atoms in total. The molecular formula is C16H29NO11. The van der Waals surface area contributed by atoms with Gasteiger partial charge in [0.15, 0.2) is 12.5 Å². The van der Waals surface area contributed by atoms with Crippen LogP contribution < -0.4 is 5.32 Å². The summed E-state index contributed by atoms with van der Waals surface area (Å²) in [6, 6.07) is 0. The normalized spacial score (nSPS) is 44.3. The number of nitrogens with one attached hydrogen (secondary N) is 1. The van der Waals surface area contributed by atoms with Gasteiger partial charge in [-0.05, 0) is 6.42 Å². The highest BCUT2D eigenvalue weighted by Crippen LogP contribution is 2.28. The monoisotopic (exact) mass is 411 g/mol. The summed E-state index contributed by atoms with van der Waals surface area (Å²) < 4.78 is 16.0. The van der Waals surface area contributed by atoms with Crippen LogP contribution in [0.1, 0.15) is 19.8 Å². The standard InChI is InChI=1S/C16H29NO11/c1-2-3-8(20)17-15-12(24)11(23)14(7(5-19)26-15)28-16-13(25)10(22)9(21)6(4-18)27-16/h6-7,9-16,18-19,21-25H,2-5H2,1H3,(H,17,20)/t6-,7-,9-,10+,11-,12-,13-,14-,15-,16+/m1/s1. The van der Waals surface area contributed by atoms with Crippen LogP contribution in [0.4, 0.5) is 0 Å². The van der Waals surface area contributed by atoms with Gasteiger partial charge in [-0.1, -0.05) is 6.92 Å². The van der Waals surface area contributed by atoms with Gasteiger partial charge < -0.3 is 55.3 Å². The number of hydrogen-bond acceptors (Lipinski definition) is 11. The Labute approximate surface area is 161 Å². The zero-order chi connectivity index (χ0) is 21.0. The van der Waals surface area contributed by atoms with E-state index in [-0.39, 0.29) is 6.42 Å². The highest BCUT2D eigenvalue weighted by Gasteiger charge is 2.50. The average molecular weight is 411 g/mol. The molecule has 0 aromatic rings. The Kier molecular flexibility index (Phi) is 8.51. The Morgan fingerprint density at radius 3 is 2.11 bits per heavy atom. The molecule has 2 saturated heterocycles. The summed E-state index contributed by atoms with van der Waals surface area (Å²) in [5, 5.41) is 71.5. The molecule has 28 heavy (non-hydrogen) atoms. The maximum atomic E-state index is 11.7. The highest BCUT2D eigenvalue weighted by atomic mass is 16.7. The molecule has 2 aliphatic heterocycles. The zero-order valence-electron chi connectivity index (χ0n) is 15.4. The van der Waals surface area contributed by atoms with Crippen LogP contribution in [0.2, 0.25) is 0 Å². The Hall–Kier alpha value is -0.930. The minimum Gasteiger partial charge on any atom is -0.394 e. The lowest BCUT2D eigenvalue weighted by Crippen LogP contribution is -2.66. The molecule has 0 aromatic heterocycles. The topological polar surface area (TPSA) is 198 Å². The van der Waals surface area contributed by atoms with E-state index in [9.17, 15) is 40.5 Å². The van der Waals surface area contributed by atoms with Crippen molar-refractivity contribution in [3.05, 3.63) is 0 Å². The third-order valence-electron chi connectivity index (χ3n) is 4.78. The number of carbonyl (C=O) groups is 1. The first-order valence-corrected chi connectivity index (χ1v) is 9.12. The fourth-order valence-corrected chi connectivity index (χ4v) is 3.17. The molecule has 0 saturated carbocycles. The van der Waals surface area contributed by atoms with Gasteiger partial charge in [0.2, 0.25) is 5.91 Å². The van der Waals surface area contributed by atoms with Crippen molar-refractivity contribution in [3.8, 4) is 0 Å². The van der Waals surface area contributed by atoms with Gasteiger partial charge in [0.05, 0.1) is 13.2 Å².